The normalized spacial score (nSPS) is 19.8. The second-order valence-corrected chi connectivity index (χ2v) is 11.9. The number of rotatable bonds is 5. The van der Waals surface area contributed by atoms with Crippen LogP contribution in [0.4, 0.5) is 0 Å². The van der Waals surface area contributed by atoms with Gasteiger partial charge in [0.1, 0.15) is 9.92 Å². The van der Waals surface area contributed by atoms with E-state index in [4.69, 9.17) is 4.42 Å². The van der Waals surface area contributed by atoms with Gasteiger partial charge >= 0.3 is 0 Å². The lowest BCUT2D eigenvalue weighted by Gasteiger charge is -2.16. The molecule has 158 valence electrons. The van der Waals surface area contributed by atoms with Crippen LogP contribution in [0.5, 0.6) is 0 Å². The van der Waals surface area contributed by atoms with Gasteiger partial charge in [-0.15, -0.1) is 21.5 Å². The molecule has 0 N–H and O–H groups in total. The molecule has 7 nitrogen and oxygen atoms in total. The van der Waals surface area contributed by atoms with E-state index in [2.05, 4.69) is 28.2 Å². The first kappa shape index (κ1) is 20.2. The number of thiophene rings is 1. The average molecular weight is 463 g/mol. The first-order valence-electron chi connectivity index (χ1n) is 10.1. The first-order valence-corrected chi connectivity index (χ1v) is 13.2. The van der Waals surface area contributed by atoms with E-state index in [0.717, 1.165) is 36.5 Å². The lowest BCUT2D eigenvalue weighted by atomic mass is 9.90. The quantitative estimate of drug-likeness (QED) is 0.560. The molecule has 4 heterocycles. The fraction of sp³-hybridized carbons (Fsp3) is 0.450. The molecule has 1 aliphatic heterocycles. The highest BCUT2D eigenvalue weighted by Gasteiger charge is 2.27. The summed E-state index contributed by atoms with van der Waals surface area (Å²) in [5.41, 5.74) is 1.40. The predicted molar refractivity (Wildman–Crippen MR) is 115 cm³/mol. The first-order chi connectivity index (χ1) is 14.5. The fourth-order valence-electron chi connectivity index (χ4n) is 3.91. The predicted octanol–water partition coefficient (Wildman–Crippen LogP) is 4.25. The van der Waals surface area contributed by atoms with E-state index < -0.39 is 10.0 Å². The Morgan fingerprint density at radius 1 is 1.23 bits per heavy atom. The van der Waals surface area contributed by atoms with E-state index in [1.165, 1.54) is 39.1 Å². The molecule has 0 bridgehead atoms. The minimum absolute atomic E-state index is 0.221. The zero-order valence-corrected chi connectivity index (χ0v) is 19.0. The molecule has 0 saturated carbocycles. The van der Waals surface area contributed by atoms with Crippen LogP contribution in [0, 0.1) is 5.92 Å². The molecule has 3 aromatic rings. The van der Waals surface area contributed by atoms with E-state index in [1.54, 1.807) is 23.5 Å². The topological polar surface area (TPSA) is 89.2 Å². The van der Waals surface area contributed by atoms with Crippen LogP contribution in [-0.4, -0.2) is 41.0 Å². The van der Waals surface area contributed by atoms with Crippen LogP contribution in [-0.2, 0) is 22.9 Å². The molecule has 0 aromatic carbocycles. The minimum atomic E-state index is -3.45. The molecule has 0 radical (unpaired) electrons. The van der Waals surface area contributed by atoms with Crippen LogP contribution in [0.15, 0.2) is 44.0 Å². The zero-order valence-electron chi connectivity index (χ0n) is 16.6. The van der Waals surface area contributed by atoms with Gasteiger partial charge in [0.2, 0.25) is 10.0 Å². The van der Waals surface area contributed by atoms with Crippen LogP contribution in [0.3, 0.4) is 0 Å². The molecule has 10 heteroatoms. The van der Waals surface area contributed by atoms with Crippen molar-refractivity contribution in [2.75, 3.05) is 13.1 Å². The number of hydrogen-bond acceptors (Lipinski definition) is 8. The van der Waals surface area contributed by atoms with E-state index in [0.29, 0.717) is 29.2 Å². The van der Waals surface area contributed by atoms with Gasteiger partial charge in [-0.25, -0.2) is 13.4 Å². The third kappa shape index (κ3) is 3.93. The Hall–Kier alpha value is -1.75. The summed E-state index contributed by atoms with van der Waals surface area (Å²) in [6.07, 6.45) is 6.68. The highest BCUT2D eigenvalue weighted by Crippen LogP contribution is 2.38. The monoisotopic (exact) mass is 462 g/mol. The largest absolute Gasteiger partial charge is 0.410 e. The highest BCUT2D eigenvalue weighted by molar-refractivity contribution is 7.99. The maximum Gasteiger partial charge on any atom is 0.283 e. The Kier molecular flexibility index (Phi) is 5.42. The van der Waals surface area contributed by atoms with Crippen LogP contribution < -0.4 is 0 Å². The Morgan fingerprint density at radius 2 is 2.07 bits per heavy atom. The Bertz CT molecular complexity index is 1150. The molecule has 5 rings (SSSR count). The van der Waals surface area contributed by atoms with Gasteiger partial charge < -0.3 is 4.42 Å². The third-order valence-corrected chi connectivity index (χ3v) is 9.45. The van der Waals surface area contributed by atoms with Gasteiger partial charge in [-0.2, -0.15) is 4.31 Å². The average Bonchev–Trinajstić information content (AvgIpc) is 3.48. The van der Waals surface area contributed by atoms with Gasteiger partial charge in [0, 0.05) is 24.2 Å². The number of nitrogens with zero attached hydrogens (tertiary/aromatic N) is 4. The summed E-state index contributed by atoms with van der Waals surface area (Å²) in [6.45, 7) is 3.44. The lowest BCUT2D eigenvalue weighted by molar-refractivity contribution is 0.466. The molecule has 0 amide bonds. The molecular formula is C20H22N4O3S3. The second-order valence-electron chi connectivity index (χ2n) is 7.83. The summed E-state index contributed by atoms with van der Waals surface area (Å²) in [7, 11) is -3.45. The summed E-state index contributed by atoms with van der Waals surface area (Å²) in [5, 5.41) is 9.34. The smallest absolute Gasteiger partial charge is 0.283 e. The van der Waals surface area contributed by atoms with Crippen molar-refractivity contribution in [3.05, 3.63) is 34.8 Å². The molecule has 0 spiro atoms. The van der Waals surface area contributed by atoms with Crippen molar-refractivity contribution >= 4 is 33.1 Å². The number of pyridine rings is 1. The number of aromatic nitrogens is 3. The standard InChI is InChI=1S/C20H22N4O3S3/c1-13-4-6-16-14(10-13)11-17(28-16)19-22-23-20(27-19)29-18-7-5-15(12-21-18)30(25,26)24-8-2-3-9-24/h5,7,11-13H,2-4,6,8-10H2,1H3/t13-/m1/s1. The van der Waals surface area contributed by atoms with Gasteiger partial charge in [0.25, 0.3) is 11.1 Å². The van der Waals surface area contributed by atoms with Crippen molar-refractivity contribution in [3.63, 3.8) is 0 Å². The summed E-state index contributed by atoms with van der Waals surface area (Å²) in [6, 6.07) is 5.45. The van der Waals surface area contributed by atoms with Gasteiger partial charge in [-0.1, -0.05) is 6.92 Å². The number of aryl methyl sites for hydroxylation is 1. The van der Waals surface area contributed by atoms with E-state index in [-0.39, 0.29) is 4.90 Å². The molecule has 1 atom stereocenters. The Morgan fingerprint density at radius 3 is 2.83 bits per heavy atom. The van der Waals surface area contributed by atoms with Crippen molar-refractivity contribution in [3.8, 4) is 10.8 Å². The SMILES string of the molecule is C[C@@H]1CCc2sc(-c3nnc(Sc4ccc(S(=O)(=O)N5CCCC5)cn4)o3)cc2C1. The van der Waals surface area contributed by atoms with Crippen molar-refractivity contribution in [1.82, 2.24) is 19.5 Å². The van der Waals surface area contributed by atoms with Crippen molar-refractivity contribution in [2.45, 2.75) is 54.2 Å². The van der Waals surface area contributed by atoms with E-state index in [1.807, 2.05) is 0 Å². The summed E-state index contributed by atoms with van der Waals surface area (Å²) >= 11 is 2.97. The molecule has 3 aromatic heterocycles. The fourth-order valence-corrected chi connectivity index (χ4v) is 7.12. The van der Waals surface area contributed by atoms with Gasteiger partial charge in [0.05, 0.1) is 4.88 Å². The van der Waals surface area contributed by atoms with E-state index in [9.17, 15) is 8.42 Å². The van der Waals surface area contributed by atoms with Crippen molar-refractivity contribution in [1.29, 1.82) is 0 Å². The van der Waals surface area contributed by atoms with Gasteiger partial charge in [-0.05, 0) is 73.5 Å². The maximum atomic E-state index is 12.6. The van der Waals surface area contributed by atoms with Crippen molar-refractivity contribution in [2.24, 2.45) is 5.92 Å². The molecular weight excluding hydrogens is 440 g/mol. The molecule has 1 aliphatic carbocycles. The molecule has 1 fully saturated rings. The number of sulfonamides is 1. The highest BCUT2D eigenvalue weighted by atomic mass is 32.2. The molecule has 0 unspecified atom stereocenters. The summed E-state index contributed by atoms with van der Waals surface area (Å²) in [4.78, 5) is 6.94. The zero-order chi connectivity index (χ0) is 20.7. The number of fused-ring (bicyclic) bond motifs is 1. The minimum Gasteiger partial charge on any atom is -0.410 e. The van der Waals surface area contributed by atoms with Crippen LogP contribution in [0.2, 0.25) is 0 Å². The second kappa shape index (κ2) is 8.07. The summed E-state index contributed by atoms with van der Waals surface area (Å²) in [5.74, 6) is 1.25. The molecule has 30 heavy (non-hydrogen) atoms. The maximum absolute atomic E-state index is 12.6. The molecule has 2 aliphatic rings. The van der Waals surface area contributed by atoms with Gasteiger partial charge in [-0.3, -0.25) is 0 Å². The molecule has 1 saturated heterocycles. The van der Waals surface area contributed by atoms with Crippen LogP contribution in [0.1, 0.15) is 36.6 Å². The van der Waals surface area contributed by atoms with Crippen molar-refractivity contribution < 1.29 is 12.8 Å². The summed E-state index contributed by atoms with van der Waals surface area (Å²) < 4.78 is 32.6. The Labute approximate surface area is 184 Å². The van der Waals surface area contributed by atoms with Gasteiger partial charge in [0.15, 0.2) is 0 Å². The van der Waals surface area contributed by atoms with E-state index >= 15 is 0 Å². The van der Waals surface area contributed by atoms with Crippen LogP contribution >= 0.6 is 23.1 Å². The Balaban J connectivity index is 1.30. The van der Waals surface area contributed by atoms with Crippen LogP contribution in [0.25, 0.3) is 10.8 Å². The third-order valence-electron chi connectivity index (χ3n) is 5.55. The lowest BCUT2D eigenvalue weighted by Crippen LogP contribution is -2.27. The number of hydrogen-bond donors (Lipinski definition) is 0.